The van der Waals surface area contributed by atoms with Gasteiger partial charge in [-0.3, -0.25) is 4.21 Å². The molecule has 4 heteroatoms. The molecule has 0 saturated heterocycles. The van der Waals surface area contributed by atoms with E-state index in [0.717, 1.165) is 11.1 Å². The van der Waals surface area contributed by atoms with Crippen molar-refractivity contribution in [2.45, 2.75) is 26.8 Å². The van der Waals surface area contributed by atoms with E-state index in [1.165, 1.54) is 0 Å². The van der Waals surface area contributed by atoms with Crippen LogP contribution in [0.15, 0.2) is 18.2 Å². The molecular weight excluding hydrogens is 234 g/mol. The van der Waals surface area contributed by atoms with Gasteiger partial charge in [0, 0.05) is 40.5 Å². The second-order valence-corrected chi connectivity index (χ2v) is 6.04. The summed E-state index contributed by atoms with van der Waals surface area (Å²) in [5.41, 5.74) is 1.93. The van der Waals surface area contributed by atoms with Gasteiger partial charge in [0.05, 0.1) is 0 Å². The van der Waals surface area contributed by atoms with Crippen molar-refractivity contribution in [3.8, 4) is 5.75 Å². The number of benzene rings is 1. The summed E-state index contributed by atoms with van der Waals surface area (Å²) < 4.78 is 11.3. The summed E-state index contributed by atoms with van der Waals surface area (Å²) in [7, 11) is -0.734. The SMILES string of the molecule is CCS(=O)CCNC(C)c1ccc(C)cc1O. The first-order valence-electron chi connectivity index (χ1n) is 5.92. The van der Waals surface area contributed by atoms with E-state index in [1.807, 2.05) is 32.9 Å². The molecule has 17 heavy (non-hydrogen) atoms. The van der Waals surface area contributed by atoms with E-state index in [4.69, 9.17) is 0 Å². The Labute approximate surface area is 106 Å². The Bertz CT molecular complexity index is 393. The van der Waals surface area contributed by atoms with E-state index in [-0.39, 0.29) is 6.04 Å². The van der Waals surface area contributed by atoms with Crippen molar-refractivity contribution in [2.24, 2.45) is 0 Å². The number of rotatable bonds is 6. The fourth-order valence-electron chi connectivity index (χ4n) is 1.66. The minimum atomic E-state index is -0.734. The quantitative estimate of drug-likeness (QED) is 0.818. The molecule has 2 N–H and O–H groups in total. The maximum absolute atomic E-state index is 11.3. The van der Waals surface area contributed by atoms with Crippen LogP contribution in [0.1, 0.15) is 31.0 Å². The molecule has 0 aliphatic rings. The number of hydrogen-bond acceptors (Lipinski definition) is 3. The van der Waals surface area contributed by atoms with Crippen molar-refractivity contribution in [1.82, 2.24) is 5.32 Å². The van der Waals surface area contributed by atoms with Gasteiger partial charge in [0.2, 0.25) is 0 Å². The van der Waals surface area contributed by atoms with Crippen LogP contribution in [0.3, 0.4) is 0 Å². The van der Waals surface area contributed by atoms with Crippen molar-refractivity contribution >= 4 is 10.8 Å². The Morgan fingerprint density at radius 1 is 1.47 bits per heavy atom. The van der Waals surface area contributed by atoms with Gasteiger partial charge in [0.1, 0.15) is 5.75 Å². The second kappa shape index (κ2) is 6.77. The van der Waals surface area contributed by atoms with Crippen molar-refractivity contribution in [1.29, 1.82) is 0 Å². The Balaban J connectivity index is 2.52. The summed E-state index contributed by atoms with van der Waals surface area (Å²) in [5, 5.41) is 13.1. The zero-order valence-corrected chi connectivity index (χ0v) is 11.5. The minimum Gasteiger partial charge on any atom is -0.508 e. The van der Waals surface area contributed by atoms with Gasteiger partial charge in [-0.25, -0.2) is 0 Å². The van der Waals surface area contributed by atoms with Gasteiger partial charge in [-0.05, 0) is 25.5 Å². The lowest BCUT2D eigenvalue weighted by Crippen LogP contribution is -2.24. The first-order valence-corrected chi connectivity index (χ1v) is 7.41. The van der Waals surface area contributed by atoms with Crippen LogP contribution in [0.4, 0.5) is 0 Å². The van der Waals surface area contributed by atoms with Crippen molar-refractivity contribution in [2.75, 3.05) is 18.1 Å². The van der Waals surface area contributed by atoms with E-state index >= 15 is 0 Å². The lowest BCUT2D eigenvalue weighted by atomic mass is 10.1. The van der Waals surface area contributed by atoms with E-state index in [0.29, 0.717) is 23.8 Å². The maximum atomic E-state index is 11.3. The molecule has 0 amide bonds. The highest BCUT2D eigenvalue weighted by atomic mass is 32.2. The number of phenolic OH excluding ortho intramolecular Hbond substituents is 1. The molecule has 0 aliphatic heterocycles. The van der Waals surface area contributed by atoms with Gasteiger partial charge < -0.3 is 10.4 Å². The lowest BCUT2D eigenvalue weighted by Gasteiger charge is -2.15. The van der Waals surface area contributed by atoms with Crippen LogP contribution in [0.25, 0.3) is 0 Å². The van der Waals surface area contributed by atoms with Crippen molar-refractivity contribution < 1.29 is 9.32 Å². The van der Waals surface area contributed by atoms with Gasteiger partial charge in [-0.2, -0.15) is 0 Å². The molecule has 3 nitrogen and oxygen atoms in total. The predicted molar refractivity (Wildman–Crippen MR) is 72.8 cm³/mol. The molecule has 0 radical (unpaired) electrons. The van der Waals surface area contributed by atoms with Gasteiger partial charge in [0.25, 0.3) is 0 Å². The van der Waals surface area contributed by atoms with Crippen LogP contribution >= 0.6 is 0 Å². The molecule has 2 atom stereocenters. The lowest BCUT2D eigenvalue weighted by molar-refractivity contribution is 0.454. The summed E-state index contributed by atoms with van der Waals surface area (Å²) in [6, 6.07) is 5.75. The molecular formula is C13H21NO2S. The molecule has 0 aliphatic carbocycles. The fourth-order valence-corrected chi connectivity index (χ4v) is 2.30. The summed E-state index contributed by atoms with van der Waals surface area (Å²) in [6.07, 6.45) is 0. The molecule has 0 saturated carbocycles. The van der Waals surface area contributed by atoms with Crippen molar-refractivity contribution in [3.05, 3.63) is 29.3 Å². The number of nitrogens with one attached hydrogen (secondary N) is 1. The van der Waals surface area contributed by atoms with E-state index in [2.05, 4.69) is 5.32 Å². The van der Waals surface area contributed by atoms with Crippen LogP contribution in [-0.4, -0.2) is 27.4 Å². The summed E-state index contributed by atoms with van der Waals surface area (Å²) in [4.78, 5) is 0. The van der Waals surface area contributed by atoms with Gasteiger partial charge in [-0.1, -0.05) is 19.1 Å². The normalized spacial score (nSPS) is 14.5. The molecule has 0 bridgehead atoms. The Morgan fingerprint density at radius 3 is 2.76 bits per heavy atom. The van der Waals surface area contributed by atoms with Crippen LogP contribution in [-0.2, 0) is 10.8 Å². The minimum absolute atomic E-state index is 0.0736. The van der Waals surface area contributed by atoms with Crippen LogP contribution in [0.5, 0.6) is 5.75 Å². The largest absolute Gasteiger partial charge is 0.508 e. The summed E-state index contributed by atoms with van der Waals surface area (Å²) in [5.74, 6) is 1.68. The third-order valence-corrected chi connectivity index (χ3v) is 4.06. The number of aromatic hydroxyl groups is 1. The Kier molecular flexibility index (Phi) is 5.65. The highest BCUT2D eigenvalue weighted by molar-refractivity contribution is 7.84. The highest BCUT2D eigenvalue weighted by Gasteiger charge is 2.09. The summed E-state index contributed by atoms with van der Waals surface area (Å²) in [6.45, 7) is 6.57. The molecule has 2 unspecified atom stereocenters. The van der Waals surface area contributed by atoms with Gasteiger partial charge in [0.15, 0.2) is 0 Å². The molecule has 1 rings (SSSR count). The number of hydrogen-bond donors (Lipinski definition) is 2. The van der Waals surface area contributed by atoms with Crippen LogP contribution in [0, 0.1) is 6.92 Å². The van der Waals surface area contributed by atoms with Crippen molar-refractivity contribution in [3.63, 3.8) is 0 Å². The third kappa shape index (κ3) is 4.48. The molecule has 0 aromatic heterocycles. The topological polar surface area (TPSA) is 49.3 Å². The number of phenols is 1. The first kappa shape index (κ1) is 14.2. The third-order valence-electron chi connectivity index (χ3n) is 2.75. The highest BCUT2D eigenvalue weighted by Crippen LogP contribution is 2.24. The summed E-state index contributed by atoms with van der Waals surface area (Å²) >= 11 is 0. The molecule has 1 aromatic rings. The Morgan fingerprint density at radius 2 is 2.18 bits per heavy atom. The van der Waals surface area contributed by atoms with Crippen LogP contribution < -0.4 is 5.32 Å². The molecule has 0 fully saturated rings. The average Bonchev–Trinajstić information content (AvgIpc) is 2.28. The zero-order chi connectivity index (χ0) is 12.8. The van der Waals surface area contributed by atoms with Gasteiger partial charge in [-0.15, -0.1) is 0 Å². The van der Waals surface area contributed by atoms with E-state index < -0.39 is 10.8 Å². The molecule has 0 heterocycles. The predicted octanol–water partition coefficient (Wildman–Crippen LogP) is 2.12. The van der Waals surface area contributed by atoms with E-state index in [1.54, 1.807) is 6.07 Å². The molecule has 1 aromatic carbocycles. The van der Waals surface area contributed by atoms with Gasteiger partial charge >= 0.3 is 0 Å². The van der Waals surface area contributed by atoms with Crippen LogP contribution in [0.2, 0.25) is 0 Å². The average molecular weight is 255 g/mol. The standard InChI is InChI=1S/C13H21NO2S/c1-4-17(16)8-7-14-11(3)12-6-5-10(2)9-13(12)15/h5-6,9,11,14-15H,4,7-8H2,1-3H3. The smallest absolute Gasteiger partial charge is 0.120 e. The second-order valence-electron chi connectivity index (χ2n) is 4.17. The molecule has 0 spiro atoms. The van der Waals surface area contributed by atoms with E-state index in [9.17, 15) is 9.32 Å². The monoisotopic (exact) mass is 255 g/mol. The number of aryl methyl sites for hydroxylation is 1. The molecule has 96 valence electrons. The Hall–Kier alpha value is -0.870. The first-order chi connectivity index (χ1) is 8.04. The maximum Gasteiger partial charge on any atom is 0.120 e. The fraction of sp³-hybridized carbons (Fsp3) is 0.538. The zero-order valence-electron chi connectivity index (χ0n) is 10.7.